The fourth-order valence-corrected chi connectivity index (χ4v) is 4.05. The molecular weight excluding hydrogens is 354 g/mol. The highest BCUT2D eigenvalue weighted by Crippen LogP contribution is 2.33. The normalized spacial score (nSPS) is 16.7. The van der Waals surface area contributed by atoms with Crippen LogP contribution < -0.4 is 10.2 Å². The molecule has 0 aliphatic carbocycles. The van der Waals surface area contributed by atoms with E-state index in [4.69, 9.17) is 0 Å². The van der Waals surface area contributed by atoms with E-state index < -0.39 is 4.92 Å². The van der Waals surface area contributed by atoms with Gasteiger partial charge in [0.05, 0.1) is 4.92 Å². The second-order valence-corrected chi connectivity index (χ2v) is 7.88. The second-order valence-electron chi connectivity index (χ2n) is 7.88. The van der Waals surface area contributed by atoms with Gasteiger partial charge in [-0.3, -0.25) is 14.9 Å². The number of hydrogen-bond donors (Lipinski definition) is 1. The molecule has 0 aromatic heterocycles. The first-order chi connectivity index (χ1) is 13.3. The molecule has 0 spiro atoms. The number of carbonyl (C=O) groups excluding carboxylic acids is 1. The SMILES string of the molecule is Cc1cc(C)c(NC(=O)c2ccc(N3CCC[C@H](C)C3)c([N+](=O)[O-])c2)c(C)c1. The molecule has 1 atom stereocenters. The second kappa shape index (κ2) is 8.00. The topological polar surface area (TPSA) is 75.5 Å². The van der Waals surface area contributed by atoms with E-state index >= 15 is 0 Å². The van der Waals surface area contributed by atoms with Gasteiger partial charge in [-0.15, -0.1) is 0 Å². The number of benzene rings is 2. The molecule has 1 saturated heterocycles. The maximum Gasteiger partial charge on any atom is 0.293 e. The van der Waals surface area contributed by atoms with E-state index in [2.05, 4.69) is 17.1 Å². The number of piperidine rings is 1. The molecule has 1 N–H and O–H groups in total. The maximum absolute atomic E-state index is 12.8. The zero-order chi connectivity index (χ0) is 20.4. The van der Waals surface area contributed by atoms with Crippen LogP contribution in [0, 0.1) is 36.8 Å². The van der Waals surface area contributed by atoms with Crippen molar-refractivity contribution in [1.29, 1.82) is 0 Å². The Morgan fingerprint density at radius 3 is 2.46 bits per heavy atom. The Labute approximate surface area is 165 Å². The quantitative estimate of drug-likeness (QED) is 0.597. The summed E-state index contributed by atoms with van der Waals surface area (Å²) in [7, 11) is 0. The number of carbonyl (C=O) groups is 1. The van der Waals surface area contributed by atoms with Crippen LogP contribution in [0.1, 0.15) is 46.8 Å². The van der Waals surface area contributed by atoms with E-state index in [-0.39, 0.29) is 11.6 Å². The third-order valence-corrected chi connectivity index (χ3v) is 5.35. The van der Waals surface area contributed by atoms with Crippen molar-refractivity contribution in [1.82, 2.24) is 0 Å². The highest BCUT2D eigenvalue weighted by atomic mass is 16.6. The number of nitrogens with one attached hydrogen (secondary N) is 1. The maximum atomic E-state index is 12.8. The Bertz CT molecular complexity index is 900. The molecule has 1 aliphatic heterocycles. The summed E-state index contributed by atoms with van der Waals surface area (Å²) in [5.74, 6) is 0.167. The van der Waals surface area contributed by atoms with Crippen LogP contribution in [0.4, 0.5) is 17.1 Å². The molecule has 2 aromatic carbocycles. The Hall–Kier alpha value is -2.89. The standard InChI is InChI=1S/C22H27N3O3/c1-14-6-5-9-24(13-14)19-8-7-18(12-20(19)25(27)28)22(26)23-21-16(3)10-15(2)11-17(21)4/h7-8,10-12,14H,5-6,9,13H2,1-4H3,(H,23,26)/t14-/m0/s1. The Balaban J connectivity index is 1.89. The van der Waals surface area contributed by atoms with Crippen LogP contribution >= 0.6 is 0 Å². The van der Waals surface area contributed by atoms with Crippen molar-refractivity contribution in [2.45, 2.75) is 40.5 Å². The molecular formula is C22H27N3O3. The lowest BCUT2D eigenvalue weighted by Gasteiger charge is -2.32. The average molecular weight is 381 g/mol. The molecule has 0 radical (unpaired) electrons. The molecule has 1 fully saturated rings. The molecule has 1 amide bonds. The molecule has 6 heteroatoms. The smallest absolute Gasteiger partial charge is 0.293 e. The highest BCUT2D eigenvalue weighted by molar-refractivity contribution is 6.06. The lowest BCUT2D eigenvalue weighted by atomic mass is 9.99. The van der Waals surface area contributed by atoms with Gasteiger partial charge in [0.25, 0.3) is 11.6 Å². The fourth-order valence-electron chi connectivity index (χ4n) is 4.05. The Morgan fingerprint density at radius 1 is 1.18 bits per heavy atom. The van der Waals surface area contributed by atoms with Gasteiger partial charge in [-0.2, -0.15) is 0 Å². The van der Waals surface area contributed by atoms with Gasteiger partial charge in [0, 0.05) is 30.4 Å². The molecule has 6 nitrogen and oxygen atoms in total. The highest BCUT2D eigenvalue weighted by Gasteiger charge is 2.25. The molecule has 0 unspecified atom stereocenters. The predicted molar refractivity (Wildman–Crippen MR) is 112 cm³/mol. The van der Waals surface area contributed by atoms with Crippen LogP contribution in [0.2, 0.25) is 0 Å². The predicted octanol–water partition coefficient (Wildman–Crippen LogP) is 5.01. The first-order valence-corrected chi connectivity index (χ1v) is 9.69. The van der Waals surface area contributed by atoms with Crippen molar-refractivity contribution in [3.8, 4) is 0 Å². The van der Waals surface area contributed by atoms with Crippen molar-refractivity contribution in [2.24, 2.45) is 5.92 Å². The van der Waals surface area contributed by atoms with Crippen LogP contribution in [0.5, 0.6) is 0 Å². The number of nitro benzene ring substituents is 1. The van der Waals surface area contributed by atoms with Gasteiger partial charge in [-0.25, -0.2) is 0 Å². The van der Waals surface area contributed by atoms with E-state index in [0.29, 0.717) is 17.2 Å². The number of nitro groups is 1. The zero-order valence-corrected chi connectivity index (χ0v) is 16.9. The lowest BCUT2D eigenvalue weighted by molar-refractivity contribution is -0.384. The van der Waals surface area contributed by atoms with Crippen molar-refractivity contribution < 1.29 is 9.72 Å². The van der Waals surface area contributed by atoms with Crippen molar-refractivity contribution in [2.75, 3.05) is 23.3 Å². The number of hydrogen-bond acceptors (Lipinski definition) is 4. The summed E-state index contributed by atoms with van der Waals surface area (Å²) in [6.07, 6.45) is 2.16. The number of rotatable bonds is 4. The van der Waals surface area contributed by atoms with Crippen LogP contribution in [-0.4, -0.2) is 23.9 Å². The van der Waals surface area contributed by atoms with E-state index in [0.717, 1.165) is 48.3 Å². The van der Waals surface area contributed by atoms with Crippen LogP contribution in [-0.2, 0) is 0 Å². The third-order valence-electron chi connectivity index (χ3n) is 5.35. The number of anilines is 2. The van der Waals surface area contributed by atoms with Gasteiger partial charge in [0.15, 0.2) is 0 Å². The lowest BCUT2D eigenvalue weighted by Crippen LogP contribution is -2.34. The van der Waals surface area contributed by atoms with Gasteiger partial charge >= 0.3 is 0 Å². The van der Waals surface area contributed by atoms with Gasteiger partial charge < -0.3 is 10.2 Å². The van der Waals surface area contributed by atoms with Crippen molar-refractivity contribution in [3.63, 3.8) is 0 Å². The third kappa shape index (κ3) is 4.16. The molecule has 28 heavy (non-hydrogen) atoms. The molecule has 0 bridgehead atoms. The minimum absolute atomic E-state index is 0.0147. The molecule has 0 saturated carbocycles. The molecule has 1 heterocycles. The number of aryl methyl sites for hydroxylation is 3. The van der Waals surface area contributed by atoms with Crippen LogP contribution in [0.3, 0.4) is 0 Å². The fraction of sp³-hybridized carbons (Fsp3) is 0.409. The van der Waals surface area contributed by atoms with Crippen LogP contribution in [0.25, 0.3) is 0 Å². The summed E-state index contributed by atoms with van der Waals surface area (Å²) < 4.78 is 0. The van der Waals surface area contributed by atoms with E-state index in [1.54, 1.807) is 12.1 Å². The summed E-state index contributed by atoms with van der Waals surface area (Å²) in [6.45, 7) is 9.66. The van der Waals surface area contributed by atoms with Crippen molar-refractivity contribution >= 4 is 23.0 Å². The molecule has 1 aliphatic rings. The van der Waals surface area contributed by atoms with Gasteiger partial charge in [-0.05, 0) is 62.8 Å². The molecule has 3 rings (SSSR count). The van der Waals surface area contributed by atoms with Gasteiger partial charge in [-0.1, -0.05) is 24.6 Å². The summed E-state index contributed by atoms with van der Waals surface area (Å²) in [6, 6.07) is 8.79. The van der Waals surface area contributed by atoms with Gasteiger partial charge in [0.1, 0.15) is 5.69 Å². The van der Waals surface area contributed by atoms with Crippen molar-refractivity contribution in [3.05, 3.63) is 62.7 Å². The zero-order valence-electron chi connectivity index (χ0n) is 16.9. The van der Waals surface area contributed by atoms with E-state index in [9.17, 15) is 14.9 Å². The summed E-state index contributed by atoms with van der Waals surface area (Å²) >= 11 is 0. The Kier molecular flexibility index (Phi) is 5.68. The largest absolute Gasteiger partial charge is 0.366 e. The first kappa shape index (κ1) is 19.9. The molecule has 2 aromatic rings. The van der Waals surface area contributed by atoms with E-state index in [1.807, 2.05) is 32.9 Å². The minimum atomic E-state index is -0.395. The van der Waals surface area contributed by atoms with Crippen LogP contribution in [0.15, 0.2) is 30.3 Å². The number of nitrogens with zero attached hydrogens (tertiary/aromatic N) is 2. The minimum Gasteiger partial charge on any atom is -0.366 e. The number of amides is 1. The Morgan fingerprint density at radius 2 is 1.86 bits per heavy atom. The summed E-state index contributed by atoms with van der Waals surface area (Å²) in [5, 5.41) is 14.6. The van der Waals surface area contributed by atoms with E-state index in [1.165, 1.54) is 6.07 Å². The summed E-state index contributed by atoms with van der Waals surface area (Å²) in [4.78, 5) is 26.1. The average Bonchev–Trinajstić information content (AvgIpc) is 2.64. The first-order valence-electron chi connectivity index (χ1n) is 9.69. The monoisotopic (exact) mass is 381 g/mol. The summed E-state index contributed by atoms with van der Waals surface area (Å²) in [5.41, 5.74) is 4.70. The van der Waals surface area contributed by atoms with Gasteiger partial charge in [0.2, 0.25) is 0 Å². The molecule has 148 valence electrons.